The van der Waals surface area contributed by atoms with Gasteiger partial charge in [-0.15, -0.1) is 11.8 Å². The van der Waals surface area contributed by atoms with Crippen molar-refractivity contribution in [3.05, 3.63) is 79.7 Å². The second-order valence-corrected chi connectivity index (χ2v) is 11.7. The van der Waals surface area contributed by atoms with Crippen molar-refractivity contribution in [3.8, 4) is 0 Å². The minimum absolute atomic E-state index is 0.0444. The van der Waals surface area contributed by atoms with E-state index in [0.29, 0.717) is 17.1 Å². The van der Waals surface area contributed by atoms with Crippen LogP contribution in [0.15, 0.2) is 64.4 Å². The molecule has 3 aliphatic rings. The minimum atomic E-state index is -0.169. The van der Waals surface area contributed by atoms with Gasteiger partial charge >= 0.3 is 4.87 Å². The minimum Gasteiger partial charge on any atom is -0.325 e. The fourth-order valence-electron chi connectivity index (χ4n) is 6.00. The van der Waals surface area contributed by atoms with E-state index in [1.54, 1.807) is 4.57 Å². The summed E-state index contributed by atoms with van der Waals surface area (Å²) in [5.74, 6) is 2.02. The van der Waals surface area contributed by atoms with Gasteiger partial charge in [0.05, 0.1) is 5.03 Å². The van der Waals surface area contributed by atoms with Crippen molar-refractivity contribution in [1.29, 1.82) is 0 Å². The van der Waals surface area contributed by atoms with Crippen molar-refractivity contribution in [2.24, 2.45) is 17.8 Å². The van der Waals surface area contributed by atoms with E-state index < -0.39 is 0 Å². The maximum atomic E-state index is 13.1. The van der Waals surface area contributed by atoms with Gasteiger partial charge in [0.15, 0.2) is 0 Å². The highest BCUT2D eigenvalue weighted by Crippen LogP contribution is 2.64. The number of nitrogens with one attached hydrogen (secondary N) is 1. The Labute approximate surface area is 200 Å². The van der Waals surface area contributed by atoms with E-state index in [2.05, 4.69) is 17.4 Å². The topological polar surface area (TPSA) is 51.1 Å². The molecule has 2 aromatic carbocycles. The third-order valence-electron chi connectivity index (χ3n) is 7.28. The van der Waals surface area contributed by atoms with Crippen LogP contribution in [0.3, 0.4) is 0 Å². The number of benzene rings is 2. The number of nitrogens with zero attached hydrogens (tertiary/aromatic N) is 1. The van der Waals surface area contributed by atoms with Crippen LogP contribution < -0.4 is 10.2 Å². The number of amides is 1. The van der Waals surface area contributed by atoms with Gasteiger partial charge in [-0.1, -0.05) is 53.3 Å². The Morgan fingerprint density at radius 1 is 1.06 bits per heavy atom. The Balaban J connectivity index is 1.38. The molecule has 1 aromatic heterocycles. The third kappa shape index (κ3) is 3.44. The zero-order chi connectivity index (χ0) is 21.8. The van der Waals surface area contributed by atoms with Crippen LogP contribution in [-0.4, -0.2) is 15.7 Å². The van der Waals surface area contributed by atoms with Crippen molar-refractivity contribution >= 4 is 46.3 Å². The number of thiazole rings is 1. The number of hydrogen-bond acceptors (Lipinski definition) is 4. The van der Waals surface area contributed by atoms with E-state index >= 15 is 0 Å². The molecule has 2 bridgehead atoms. The Morgan fingerprint density at radius 2 is 1.81 bits per heavy atom. The lowest BCUT2D eigenvalue weighted by Gasteiger charge is -2.40. The van der Waals surface area contributed by atoms with Gasteiger partial charge < -0.3 is 5.32 Å². The summed E-state index contributed by atoms with van der Waals surface area (Å²) in [5.41, 5.74) is 1.98. The smallest absolute Gasteiger partial charge is 0.308 e. The maximum absolute atomic E-state index is 13.1. The average molecular weight is 483 g/mol. The second-order valence-electron chi connectivity index (χ2n) is 9.06. The standard InChI is InChI=1S/C25H23ClN2O2S2/c26-17-10-8-14(9-11-17)20-21-15-6-7-16(12-15)22(21)31-24-23(20)32-25(30)28(24)13-19(29)27-18-4-2-1-3-5-18/h1-5,8-11,15-16,20-22H,6-7,12-13H2,(H,27,29)/t15-,16-,20+,21-,22-/m0/s1. The highest BCUT2D eigenvalue weighted by molar-refractivity contribution is 8.00. The highest BCUT2D eigenvalue weighted by Gasteiger charge is 2.55. The van der Waals surface area contributed by atoms with Crippen LogP contribution in [0.4, 0.5) is 5.69 Å². The zero-order valence-electron chi connectivity index (χ0n) is 17.4. The summed E-state index contributed by atoms with van der Waals surface area (Å²) >= 11 is 9.36. The number of fused-ring (bicyclic) bond motifs is 6. The molecule has 2 saturated carbocycles. The van der Waals surface area contributed by atoms with Gasteiger partial charge in [0.2, 0.25) is 5.91 Å². The number of thioether (sulfide) groups is 1. The quantitative estimate of drug-likeness (QED) is 0.507. The van der Waals surface area contributed by atoms with Crippen molar-refractivity contribution in [2.45, 2.75) is 42.0 Å². The number of carbonyl (C=O) groups excluding carboxylic acids is 1. The number of halogens is 1. The lowest BCUT2D eigenvalue weighted by Crippen LogP contribution is -2.34. The van der Waals surface area contributed by atoms with E-state index in [1.807, 2.05) is 54.2 Å². The van der Waals surface area contributed by atoms with Gasteiger partial charge in [-0.25, -0.2) is 0 Å². The molecule has 5 atom stereocenters. The van der Waals surface area contributed by atoms with Crippen LogP contribution in [0.25, 0.3) is 0 Å². The zero-order valence-corrected chi connectivity index (χ0v) is 19.8. The normalized spacial score (nSPS) is 27.7. The highest BCUT2D eigenvalue weighted by atomic mass is 35.5. The van der Waals surface area contributed by atoms with Gasteiger partial charge in [-0.2, -0.15) is 0 Å². The molecule has 1 amide bonds. The van der Waals surface area contributed by atoms with Crippen LogP contribution in [0, 0.1) is 17.8 Å². The number of aromatic nitrogens is 1. The Kier molecular flexibility index (Phi) is 5.20. The van der Waals surface area contributed by atoms with Crippen molar-refractivity contribution in [1.82, 2.24) is 4.57 Å². The summed E-state index contributed by atoms with van der Waals surface area (Å²) in [5, 5.41) is 5.16. The number of hydrogen-bond donors (Lipinski definition) is 1. The average Bonchev–Trinajstić information content (AvgIpc) is 3.48. The first-order valence-corrected chi connectivity index (χ1v) is 13.2. The molecule has 7 heteroatoms. The SMILES string of the molecule is O=C(Cn1c2c(sc1=O)[C@H](c1ccc(Cl)cc1)[C@@H]1[C@H]3CC[C@@H](C3)[C@@H]1S2)Nc1ccccc1. The molecule has 0 saturated heterocycles. The van der Waals surface area contributed by atoms with Crippen molar-refractivity contribution in [3.63, 3.8) is 0 Å². The summed E-state index contributed by atoms with van der Waals surface area (Å²) in [6.07, 6.45) is 3.87. The van der Waals surface area contributed by atoms with Crippen LogP contribution in [0.5, 0.6) is 0 Å². The lowest BCUT2D eigenvalue weighted by molar-refractivity contribution is -0.116. The molecule has 1 aliphatic heterocycles. The summed E-state index contributed by atoms with van der Waals surface area (Å²) in [7, 11) is 0. The molecular weight excluding hydrogens is 460 g/mol. The molecule has 0 unspecified atom stereocenters. The first kappa shape index (κ1) is 20.6. The number of carbonyl (C=O) groups is 1. The number of para-hydroxylation sites is 1. The molecule has 4 nitrogen and oxygen atoms in total. The maximum Gasteiger partial charge on any atom is 0.308 e. The monoisotopic (exact) mass is 482 g/mol. The molecule has 32 heavy (non-hydrogen) atoms. The largest absolute Gasteiger partial charge is 0.325 e. The fourth-order valence-corrected chi connectivity index (χ4v) is 9.27. The summed E-state index contributed by atoms with van der Waals surface area (Å²) < 4.78 is 1.70. The molecule has 2 fully saturated rings. The van der Waals surface area contributed by atoms with Crippen LogP contribution >= 0.6 is 34.7 Å². The molecule has 0 radical (unpaired) electrons. The van der Waals surface area contributed by atoms with E-state index in [9.17, 15) is 9.59 Å². The van der Waals surface area contributed by atoms with Gasteiger partial charge in [0.25, 0.3) is 0 Å². The summed E-state index contributed by atoms with van der Waals surface area (Å²) in [6, 6.07) is 17.5. The van der Waals surface area contributed by atoms with E-state index in [0.717, 1.165) is 26.5 Å². The molecule has 2 heterocycles. The van der Waals surface area contributed by atoms with Gasteiger partial charge in [0, 0.05) is 26.8 Å². The molecule has 3 aromatic rings. The predicted octanol–water partition coefficient (Wildman–Crippen LogP) is 5.85. The van der Waals surface area contributed by atoms with Gasteiger partial charge in [0.1, 0.15) is 6.54 Å². The summed E-state index contributed by atoms with van der Waals surface area (Å²) in [6.45, 7) is 0.0470. The Hall–Kier alpha value is -2.02. The third-order valence-corrected chi connectivity index (χ3v) is 10.4. The van der Waals surface area contributed by atoms with Crippen LogP contribution in [-0.2, 0) is 11.3 Å². The van der Waals surface area contributed by atoms with Crippen molar-refractivity contribution in [2.75, 3.05) is 5.32 Å². The predicted molar refractivity (Wildman–Crippen MR) is 131 cm³/mol. The molecule has 6 rings (SSSR count). The van der Waals surface area contributed by atoms with Crippen LogP contribution in [0.1, 0.15) is 35.6 Å². The molecular formula is C25H23ClN2O2S2. The fraction of sp³-hybridized carbons (Fsp3) is 0.360. The van der Waals surface area contributed by atoms with E-state index in [1.165, 1.54) is 36.2 Å². The van der Waals surface area contributed by atoms with Gasteiger partial charge in [-0.3, -0.25) is 14.2 Å². The van der Waals surface area contributed by atoms with E-state index in [4.69, 9.17) is 11.6 Å². The molecule has 164 valence electrons. The Morgan fingerprint density at radius 3 is 2.59 bits per heavy atom. The van der Waals surface area contributed by atoms with Crippen LogP contribution in [0.2, 0.25) is 5.02 Å². The lowest BCUT2D eigenvalue weighted by atomic mass is 9.75. The molecule has 0 spiro atoms. The second kappa shape index (κ2) is 8.08. The Bertz CT molecular complexity index is 1220. The number of rotatable bonds is 4. The first-order chi connectivity index (χ1) is 15.6. The molecule has 1 N–H and O–H groups in total. The summed E-state index contributed by atoms with van der Waals surface area (Å²) in [4.78, 5) is 26.9. The molecule has 2 aliphatic carbocycles. The van der Waals surface area contributed by atoms with Crippen molar-refractivity contribution < 1.29 is 4.79 Å². The van der Waals surface area contributed by atoms with E-state index in [-0.39, 0.29) is 23.2 Å². The number of anilines is 1. The first-order valence-electron chi connectivity index (χ1n) is 11.1. The van der Waals surface area contributed by atoms with Gasteiger partial charge in [-0.05, 0) is 66.8 Å².